The van der Waals surface area contributed by atoms with Crippen LogP contribution >= 0.6 is 0 Å². The zero-order valence-corrected chi connectivity index (χ0v) is 12.8. The van der Waals surface area contributed by atoms with Crippen LogP contribution in [0.1, 0.15) is 98.3 Å². The van der Waals surface area contributed by atoms with Gasteiger partial charge in [0.2, 0.25) is 0 Å². The van der Waals surface area contributed by atoms with E-state index in [1.807, 2.05) is 0 Å². The lowest BCUT2D eigenvalue weighted by Crippen LogP contribution is -1.84. The van der Waals surface area contributed by atoms with Gasteiger partial charge in [0.1, 0.15) is 0 Å². The predicted molar refractivity (Wildman–Crippen MR) is 80.5 cm³/mol. The summed E-state index contributed by atoms with van der Waals surface area (Å²) in [7, 11) is 0. The molecule has 0 spiro atoms. The van der Waals surface area contributed by atoms with Crippen molar-refractivity contribution in [3.8, 4) is 0 Å². The van der Waals surface area contributed by atoms with Gasteiger partial charge in [0, 0.05) is 0 Å². The standard InChI is InChI=1S/C17H34/c1-5-6-7-8-9-10-11-12-13-14-15-17(4)16(2)3/h5-15H2,1-4H3. The molecule has 0 aliphatic carbocycles. The zero-order chi connectivity index (χ0) is 12.9. The molecule has 0 aromatic carbocycles. The van der Waals surface area contributed by atoms with E-state index in [-0.39, 0.29) is 0 Å². The van der Waals surface area contributed by atoms with E-state index in [1.165, 1.54) is 76.2 Å². The normalized spacial score (nSPS) is 10.6. The molecule has 0 fully saturated rings. The molecule has 102 valence electrons. The van der Waals surface area contributed by atoms with Gasteiger partial charge in [-0.1, -0.05) is 75.9 Å². The van der Waals surface area contributed by atoms with Gasteiger partial charge < -0.3 is 0 Å². The van der Waals surface area contributed by atoms with E-state index in [9.17, 15) is 0 Å². The summed E-state index contributed by atoms with van der Waals surface area (Å²) in [5, 5.41) is 0. The Balaban J connectivity index is 3.11. The molecule has 0 aromatic rings. The van der Waals surface area contributed by atoms with Crippen molar-refractivity contribution in [2.75, 3.05) is 0 Å². The summed E-state index contributed by atoms with van der Waals surface area (Å²) >= 11 is 0. The molecule has 0 heteroatoms. The Morgan fingerprint density at radius 1 is 0.588 bits per heavy atom. The fourth-order valence-electron chi connectivity index (χ4n) is 2.13. The minimum atomic E-state index is 1.32. The van der Waals surface area contributed by atoms with Crippen molar-refractivity contribution in [3.63, 3.8) is 0 Å². The largest absolute Gasteiger partial charge is 0.0775 e. The molecule has 0 saturated heterocycles. The lowest BCUT2D eigenvalue weighted by atomic mass is 10.0. The molecule has 0 aliphatic rings. The summed E-state index contributed by atoms with van der Waals surface area (Å²) < 4.78 is 0. The van der Waals surface area contributed by atoms with Gasteiger partial charge in [-0.05, 0) is 33.6 Å². The molecule has 0 aromatic heterocycles. The summed E-state index contributed by atoms with van der Waals surface area (Å²) in [5.74, 6) is 0. The number of allylic oxidation sites excluding steroid dienone is 2. The first-order valence-corrected chi connectivity index (χ1v) is 7.81. The Labute approximate surface area is 110 Å². The fraction of sp³-hybridized carbons (Fsp3) is 0.882. The Kier molecular flexibility index (Phi) is 12.0. The first-order chi connectivity index (χ1) is 8.18. The van der Waals surface area contributed by atoms with Crippen LogP contribution < -0.4 is 0 Å². The maximum atomic E-state index is 2.29. The smallest absolute Gasteiger partial charge is 0.0321 e. The summed E-state index contributed by atoms with van der Waals surface area (Å²) in [6.45, 7) is 9.02. The lowest BCUT2D eigenvalue weighted by molar-refractivity contribution is 0.555. The van der Waals surface area contributed by atoms with Crippen LogP contribution in [-0.2, 0) is 0 Å². The van der Waals surface area contributed by atoms with Gasteiger partial charge in [0.25, 0.3) is 0 Å². The van der Waals surface area contributed by atoms with Gasteiger partial charge in [0.05, 0.1) is 0 Å². The van der Waals surface area contributed by atoms with Crippen molar-refractivity contribution in [1.82, 2.24) is 0 Å². The third kappa shape index (κ3) is 12.0. The van der Waals surface area contributed by atoms with E-state index in [4.69, 9.17) is 0 Å². The van der Waals surface area contributed by atoms with Crippen molar-refractivity contribution in [2.24, 2.45) is 0 Å². The predicted octanol–water partition coefficient (Wildman–Crippen LogP) is 6.65. The molecule has 0 atom stereocenters. The number of unbranched alkanes of at least 4 members (excludes halogenated alkanes) is 9. The summed E-state index contributed by atoms with van der Waals surface area (Å²) in [6.07, 6.45) is 15.7. The fourth-order valence-corrected chi connectivity index (χ4v) is 2.13. The van der Waals surface area contributed by atoms with Crippen molar-refractivity contribution < 1.29 is 0 Å². The summed E-state index contributed by atoms with van der Waals surface area (Å²) in [5.41, 5.74) is 3.12. The van der Waals surface area contributed by atoms with E-state index < -0.39 is 0 Å². The van der Waals surface area contributed by atoms with Crippen LogP contribution in [0.2, 0.25) is 0 Å². The summed E-state index contributed by atoms with van der Waals surface area (Å²) in [6, 6.07) is 0. The SMILES string of the molecule is CCCCCCCCCCCCC(C)=C(C)C. The van der Waals surface area contributed by atoms with Crippen LogP contribution in [-0.4, -0.2) is 0 Å². The van der Waals surface area contributed by atoms with Gasteiger partial charge in [-0.15, -0.1) is 0 Å². The first kappa shape index (κ1) is 16.7. The van der Waals surface area contributed by atoms with Crippen LogP contribution in [0, 0.1) is 0 Å². The van der Waals surface area contributed by atoms with Crippen LogP contribution in [0.3, 0.4) is 0 Å². The van der Waals surface area contributed by atoms with Gasteiger partial charge in [0.15, 0.2) is 0 Å². The molecule has 0 amide bonds. The third-order valence-corrected chi connectivity index (χ3v) is 3.76. The van der Waals surface area contributed by atoms with Gasteiger partial charge in [-0.25, -0.2) is 0 Å². The number of hydrogen-bond donors (Lipinski definition) is 0. The lowest BCUT2D eigenvalue weighted by Gasteiger charge is -2.04. The Bertz CT molecular complexity index is 184. The second-order valence-electron chi connectivity index (χ2n) is 5.71. The minimum Gasteiger partial charge on any atom is -0.0775 e. The number of rotatable bonds is 11. The van der Waals surface area contributed by atoms with Crippen LogP contribution in [0.5, 0.6) is 0 Å². The molecule has 0 N–H and O–H groups in total. The maximum absolute atomic E-state index is 2.29. The molecule has 0 radical (unpaired) electrons. The van der Waals surface area contributed by atoms with E-state index in [2.05, 4.69) is 27.7 Å². The van der Waals surface area contributed by atoms with Gasteiger partial charge in [-0.3, -0.25) is 0 Å². The Morgan fingerprint density at radius 2 is 1.00 bits per heavy atom. The van der Waals surface area contributed by atoms with Gasteiger partial charge in [-0.2, -0.15) is 0 Å². The van der Waals surface area contributed by atoms with Crippen LogP contribution in [0.25, 0.3) is 0 Å². The Hall–Kier alpha value is -0.260. The molecule has 0 aliphatic heterocycles. The molecule has 0 nitrogen and oxygen atoms in total. The van der Waals surface area contributed by atoms with Crippen molar-refractivity contribution in [1.29, 1.82) is 0 Å². The molecule has 0 unspecified atom stereocenters. The average Bonchev–Trinajstić information content (AvgIpc) is 2.31. The molecule has 17 heavy (non-hydrogen) atoms. The highest BCUT2D eigenvalue weighted by Crippen LogP contribution is 2.15. The monoisotopic (exact) mass is 238 g/mol. The molecular formula is C17H34. The van der Waals surface area contributed by atoms with Crippen LogP contribution in [0.15, 0.2) is 11.1 Å². The molecule has 0 bridgehead atoms. The van der Waals surface area contributed by atoms with E-state index in [0.717, 1.165) is 0 Å². The highest BCUT2D eigenvalue weighted by Gasteiger charge is 1.95. The third-order valence-electron chi connectivity index (χ3n) is 3.76. The topological polar surface area (TPSA) is 0 Å². The van der Waals surface area contributed by atoms with E-state index >= 15 is 0 Å². The highest BCUT2D eigenvalue weighted by molar-refractivity contribution is 5.06. The maximum Gasteiger partial charge on any atom is -0.0321 e. The summed E-state index contributed by atoms with van der Waals surface area (Å²) in [4.78, 5) is 0. The van der Waals surface area contributed by atoms with Gasteiger partial charge >= 0.3 is 0 Å². The molecule has 0 heterocycles. The molecular weight excluding hydrogens is 204 g/mol. The van der Waals surface area contributed by atoms with E-state index in [1.54, 1.807) is 5.57 Å². The van der Waals surface area contributed by atoms with Crippen molar-refractivity contribution >= 4 is 0 Å². The highest BCUT2D eigenvalue weighted by atomic mass is 14.0. The molecule has 0 saturated carbocycles. The number of hydrogen-bond acceptors (Lipinski definition) is 0. The second-order valence-corrected chi connectivity index (χ2v) is 5.71. The first-order valence-electron chi connectivity index (χ1n) is 7.81. The quantitative estimate of drug-likeness (QED) is 0.279. The van der Waals surface area contributed by atoms with Crippen molar-refractivity contribution in [2.45, 2.75) is 98.3 Å². The minimum absolute atomic E-state index is 1.32. The van der Waals surface area contributed by atoms with Crippen LogP contribution in [0.4, 0.5) is 0 Å². The second kappa shape index (κ2) is 12.2. The average molecular weight is 238 g/mol. The Morgan fingerprint density at radius 3 is 1.41 bits per heavy atom. The van der Waals surface area contributed by atoms with Crippen molar-refractivity contribution in [3.05, 3.63) is 11.1 Å². The zero-order valence-electron chi connectivity index (χ0n) is 12.8. The molecule has 0 rings (SSSR count). The van der Waals surface area contributed by atoms with E-state index in [0.29, 0.717) is 0 Å².